The summed E-state index contributed by atoms with van der Waals surface area (Å²) in [5.74, 6) is -0.0616. The Hall–Kier alpha value is -2.14. The average molecular weight is 264 g/mol. The van der Waals surface area contributed by atoms with Crippen LogP contribution in [0, 0.1) is 0 Å². The first kappa shape index (κ1) is 12.3. The average Bonchev–Trinajstić information content (AvgIpc) is 2.79. The van der Waals surface area contributed by atoms with E-state index in [0.717, 1.165) is 0 Å². The molecule has 2 aromatic rings. The van der Waals surface area contributed by atoms with E-state index in [9.17, 15) is 9.59 Å². The molecule has 1 N–H and O–H groups in total. The summed E-state index contributed by atoms with van der Waals surface area (Å²) in [5.41, 5.74) is 0.539. The number of hydrogen-bond acceptors (Lipinski definition) is 3. The van der Waals surface area contributed by atoms with Crippen LogP contribution in [0.3, 0.4) is 0 Å². The zero-order chi connectivity index (χ0) is 13.0. The maximum atomic E-state index is 11.8. The van der Waals surface area contributed by atoms with Gasteiger partial charge in [0.1, 0.15) is 6.54 Å². The molecule has 5 nitrogen and oxygen atoms in total. The Bertz CT molecular complexity index is 580. The van der Waals surface area contributed by atoms with Crippen molar-refractivity contribution in [2.75, 3.05) is 5.32 Å². The summed E-state index contributed by atoms with van der Waals surface area (Å²) in [6.45, 7) is 0.0132. The SMILES string of the molecule is O=Cc1nccn1CC(=O)Nc1ccccc1Cl. The third kappa shape index (κ3) is 2.75. The molecule has 1 aromatic carbocycles. The van der Waals surface area contributed by atoms with Crippen LogP contribution in [0.4, 0.5) is 5.69 Å². The van der Waals surface area contributed by atoms with Gasteiger partial charge in [0, 0.05) is 12.4 Å². The summed E-state index contributed by atoms with van der Waals surface area (Å²) in [7, 11) is 0. The minimum absolute atomic E-state index is 0.0132. The predicted molar refractivity (Wildman–Crippen MR) is 67.7 cm³/mol. The summed E-state index contributed by atoms with van der Waals surface area (Å²) < 4.78 is 1.46. The smallest absolute Gasteiger partial charge is 0.244 e. The van der Waals surface area contributed by atoms with Gasteiger partial charge in [-0.2, -0.15) is 0 Å². The summed E-state index contributed by atoms with van der Waals surface area (Å²) in [4.78, 5) is 26.2. The molecular formula is C12H10ClN3O2. The lowest BCUT2D eigenvalue weighted by molar-refractivity contribution is -0.116. The van der Waals surface area contributed by atoms with Crippen LogP contribution in [0.15, 0.2) is 36.7 Å². The number of imidazole rings is 1. The topological polar surface area (TPSA) is 64.0 Å². The number of para-hydroxylation sites is 1. The maximum absolute atomic E-state index is 11.8. The number of carbonyl (C=O) groups is 2. The quantitative estimate of drug-likeness (QED) is 0.858. The van der Waals surface area contributed by atoms with Gasteiger partial charge in [0.25, 0.3) is 0 Å². The third-order valence-electron chi connectivity index (χ3n) is 2.31. The largest absolute Gasteiger partial charge is 0.323 e. The number of nitrogens with one attached hydrogen (secondary N) is 1. The summed E-state index contributed by atoms with van der Waals surface area (Å²) in [6, 6.07) is 6.94. The summed E-state index contributed by atoms with van der Waals surface area (Å²) in [6.07, 6.45) is 3.63. The number of anilines is 1. The number of aldehydes is 1. The fourth-order valence-electron chi connectivity index (χ4n) is 1.48. The lowest BCUT2D eigenvalue weighted by atomic mass is 10.3. The van der Waals surface area contributed by atoms with Gasteiger partial charge in [0.2, 0.25) is 5.91 Å². The second kappa shape index (κ2) is 5.46. The van der Waals surface area contributed by atoms with E-state index in [4.69, 9.17) is 11.6 Å². The standard InChI is InChI=1S/C12H10ClN3O2/c13-9-3-1-2-4-10(9)15-12(18)7-16-6-5-14-11(16)8-17/h1-6,8H,7H2,(H,15,18). The van der Waals surface area contributed by atoms with Gasteiger partial charge in [-0.25, -0.2) is 4.98 Å². The molecule has 92 valence electrons. The highest BCUT2D eigenvalue weighted by atomic mass is 35.5. The van der Waals surface area contributed by atoms with Crippen molar-refractivity contribution in [2.45, 2.75) is 6.54 Å². The van der Waals surface area contributed by atoms with E-state index in [1.807, 2.05) is 0 Å². The molecule has 1 heterocycles. The van der Waals surface area contributed by atoms with Crippen LogP contribution in [-0.2, 0) is 11.3 Å². The lowest BCUT2D eigenvalue weighted by Gasteiger charge is -2.07. The minimum Gasteiger partial charge on any atom is -0.323 e. The van der Waals surface area contributed by atoms with Gasteiger partial charge in [-0.05, 0) is 12.1 Å². The van der Waals surface area contributed by atoms with Crippen LogP contribution in [0.25, 0.3) is 0 Å². The first-order chi connectivity index (χ1) is 8.70. The molecule has 0 spiro atoms. The molecule has 1 amide bonds. The molecule has 1 aromatic heterocycles. The Morgan fingerprint density at radius 2 is 2.22 bits per heavy atom. The van der Waals surface area contributed by atoms with Gasteiger partial charge < -0.3 is 9.88 Å². The minimum atomic E-state index is -0.274. The molecule has 2 rings (SSSR count). The molecular weight excluding hydrogens is 254 g/mol. The number of halogens is 1. The Balaban J connectivity index is 2.06. The highest BCUT2D eigenvalue weighted by Gasteiger charge is 2.08. The van der Waals surface area contributed by atoms with Crippen molar-refractivity contribution >= 4 is 29.5 Å². The van der Waals surface area contributed by atoms with Crippen LogP contribution in [0.2, 0.25) is 5.02 Å². The molecule has 0 aliphatic heterocycles. The van der Waals surface area contributed by atoms with Crippen molar-refractivity contribution in [1.29, 1.82) is 0 Å². The number of nitrogens with zero attached hydrogens (tertiary/aromatic N) is 2. The van der Waals surface area contributed by atoms with E-state index in [-0.39, 0.29) is 18.3 Å². The van der Waals surface area contributed by atoms with Crippen LogP contribution < -0.4 is 5.32 Å². The number of carbonyl (C=O) groups excluding carboxylic acids is 2. The fraction of sp³-hybridized carbons (Fsp3) is 0.0833. The molecule has 0 saturated heterocycles. The molecule has 0 aliphatic rings. The van der Waals surface area contributed by atoms with E-state index in [2.05, 4.69) is 10.3 Å². The number of rotatable bonds is 4. The van der Waals surface area contributed by atoms with E-state index in [1.54, 1.807) is 30.5 Å². The monoisotopic (exact) mass is 263 g/mol. The molecule has 18 heavy (non-hydrogen) atoms. The molecule has 6 heteroatoms. The number of aromatic nitrogens is 2. The van der Waals surface area contributed by atoms with Crippen molar-refractivity contribution < 1.29 is 9.59 Å². The molecule has 0 atom stereocenters. The van der Waals surface area contributed by atoms with Gasteiger partial charge in [-0.3, -0.25) is 9.59 Å². The Kier molecular flexibility index (Phi) is 3.74. The second-order valence-corrected chi connectivity index (χ2v) is 3.97. The van der Waals surface area contributed by atoms with E-state index >= 15 is 0 Å². The highest BCUT2D eigenvalue weighted by Crippen LogP contribution is 2.20. The van der Waals surface area contributed by atoms with Crippen molar-refractivity contribution in [3.63, 3.8) is 0 Å². The number of hydrogen-bond donors (Lipinski definition) is 1. The van der Waals surface area contributed by atoms with E-state index in [0.29, 0.717) is 17.0 Å². The molecule has 0 fully saturated rings. The third-order valence-corrected chi connectivity index (χ3v) is 2.64. The van der Waals surface area contributed by atoms with Gasteiger partial charge in [0.15, 0.2) is 12.1 Å². The van der Waals surface area contributed by atoms with Gasteiger partial charge in [-0.15, -0.1) is 0 Å². The zero-order valence-corrected chi connectivity index (χ0v) is 10.1. The van der Waals surface area contributed by atoms with Crippen LogP contribution in [-0.4, -0.2) is 21.7 Å². The fourth-order valence-corrected chi connectivity index (χ4v) is 1.66. The Morgan fingerprint density at radius 1 is 1.44 bits per heavy atom. The normalized spacial score (nSPS) is 10.1. The van der Waals surface area contributed by atoms with Gasteiger partial charge >= 0.3 is 0 Å². The van der Waals surface area contributed by atoms with Crippen molar-refractivity contribution in [1.82, 2.24) is 9.55 Å². The van der Waals surface area contributed by atoms with Crippen molar-refractivity contribution in [3.8, 4) is 0 Å². The van der Waals surface area contributed by atoms with E-state index < -0.39 is 0 Å². The summed E-state index contributed by atoms with van der Waals surface area (Å²) in [5, 5.41) is 3.13. The Labute approximate surface area is 108 Å². The number of benzene rings is 1. The number of amides is 1. The maximum Gasteiger partial charge on any atom is 0.244 e. The first-order valence-corrected chi connectivity index (χ1v) is 5.59. The molecule has 0 radical (unpaired) electrons. The predicted octanol–water partition coefficient (Wildman–Crippen LogP) is 1.99. The van der Waals surface area contributed by atoms with E-state index in [1.165, 1.54) is 10.8 Å². The van der Waals surface area contributed by atoms with Crippen LogP contribution in [0.5, 0.6) is 0 Å². The molecule has 0 aliphatic carbocycles. The van der Waals surface area contributed by atoms with Gasteiger partial charge in [0.05, 0.1) is 10.7 Å². The highest BCUT2D eigenvalue weighted by molar-refractivity contribution is 6.33. The van der Waals surface area contributed by atoms with Crippen molar-refractivity contribution in [3.05, 3.63) is 47.5 Å². The second-order valence-electron chi connectivity index (χ2n) is 3.56. The van der Waals surface area contributed by atoms with Crippen LogP contribution >= 0.6 is 11.6 Å². The first-order valence-electron chi connectivity index (χ1n) is 5.21. The molecule has 0 bridgehead atoms. The van der Waals surface area contributed by atoms with Crippen molar-refractivity contribution in [2.24, 2.45) is 0 Å². The zero-order valence-electron chi connectivity index (χ0n) is 9.34. The van der Waals surface area contributed by atoms with Gasteiger partial charge in [-0.1, -0.05) is 23.7 Å². The Morgan fingerprint density at radius 3 is 2.94 bits per heavy atom. The summed E-state index contributed by atoms with van der Waals surface area (Å²) >= 11 is 5.92. The lowest BCUT2D eigenvalue weighted by Crippen LogP contribution is -2.19. The van der Waals surface area contributed by atoms with Crippen LogP contribution in [0.1, 0.15) is 10.6 Å². The molecule has 0 saturated carbocycles. The molecule has 0 unspecified atom stereocenters.